The molecule has 0 spiro atoms. The van der Waals surface area contributed by atoms with Gasteiger partial charge in [-0.25, -0.2) is 4.79 Å². The fourth-order valence-corrected chi connectivity index (χ4v) is 2.28. The lowest BCUT2D eigenvalue weighted by Crippen LogP contribution is -2.01. The van der Waals surface area contributed by atoms with Crippen molar-refractivity contribution in [1.29, 1.82) is 0 Å². The second kappa shape index (κ2) is 4.81. The Morgan fingerprint density at radius 2 is 1.50 bits per heavy atom. The van der Waals surface area contributed by atoms with Crippen molar-refractivity contribution in [3.63, 3.8) is 0 Å². The molecule has 0 atom stereocenters. The van der Waals surface area contributed by atoms with Crippen molar-refractivity contribution in [3.05, 3.63) is 68.1 Å². The molecule has 0 radical (unpaired) electrons. The number of aromatic amines is 2. The highest BCUT2D eigenvalue weighted by molar-refractivity contribution is 6.42. The van der Waals surface area contributed by atoms with Crippen molar-refractivity contribution in [2.45, 2.75) is 0 Å². The predicted octanol–water partition coefficient (Wildman–Crippen LogP) is 3.39. The highest BCUT2D eigenvalue weighted by Gasteiger charge is 2.12. The third-order valence-electron chi connectivity index (χ3n) is 2.96. The Hall–Kier alpha value is -2.04. The topological polar surface area (TPSA) is 65.7 Å². The van der Waals surface area contributed by atoms with Crippen LogP contribution < -0.4 is 5.69 Å². The zero-order chi connectivity index (χ0) is 14.3. The Balaban J connectivity index is 2.07. The van der Waals surface area contributed by atoms with Gasteiger partial charge < -0.3 is 9.97 Å². The van der Waals surface area contributed by atoms with Crippen LogP contribution in [0.2, 0.25) is 10.0 Å². The molecule has 0 saturated heterocycles. The summed E-state index contributed by atoms with van der Waals surface area (Å²) < 4.78 is 0. The molecule has 2 aromatic carbocycles. The maximum Gasteiger partial charge on any atom is 0.323 e. The van der Waals surface area contributed by atoms with E-state index >= 15 is 0 Å². The minimum Gasteiger partial charge on any atom is -0.306 e. The average Bonchev–Trinajstić information content (AvgIpc) is 2.80. The lowest BCUT2D eigenvalue weighted by molar-refractivity contribution is 0.103. The van der Waals surface area contributed by atoms with Crippen LogP contribution in [-0.2, 0) is 0 Å². The highest BCUT2D eigenvalue weighted by atomic mass is 35.5. The lowest BCUT2D eigenvalue weighted by atomic mass is 10.0. The molecule has 6 heteroatoms. The van der Waals surface area contributed by atoms with Crippen LogP contribution in [0.3, 0.4) is 0 Å². The van der Waals surface area contributed by atoms with Gasteiger partial charge >= 0.3 is 5.69 Å². The second-order valence-electron chi connectivity index (χ2n) is 4.30. The van der Waals surface area contributed by atoms with E-state index in [-0.39, 0.29) is 11.5 Å². The number of ketones is 1. The fraction of sp³-hybridized carbons (Fsp3) is 0. The van der Waals surface area contributed by atoms with Gasteiger partial charge in [0.15, 0.2) is 5.78 Å². The maximum absolute atomic E-state index is 12.4. The van der Waals surface area contributed by atoms with E-state index in [4.69, 9.17) is 23.2 Å². The van der Waals surface area contributed by atoms with E-state index in [0.717, 1.165) is 0 Å². The van der Waals surface area contributed by atoms with Crippen LogP contribution in [0.5, 0.6) is 0 Å². The van der Waals surface area contributed by atoms with E-state index in [2.05, 4.69) is 9.97 Å². The maximum atomic E-state index is 12.4. The number of H-pyrrole nitrogens is 2. The number of hydrogen-bond acceptors (Lipinski definition) is 2. The highest BCUT2D eigenvalue weighted by Crippen LogP contribution is 2.24. The molecule has 0 bridgehead atoms. The summed E-state index contributed by atoms with van der Waals surface area (Å²) in [4.78, 5) is 28.8. The number of fused-ring (bicyclic) bond motifs is 1. The number of carbonyl (C=O) groups is 1. The van der Waals surface area contributed by atoms with Crippen LogP contribution in [0.25, 0.3) is 11.0 Å². The molecule has 1 aromatic heterocycles. The predicted molar refractivity (Wildman–Crippen MR) is 78.8 cm³/mol. The molecule has 0 aliphatic heterocycles. The number of benzene rings is 2. The number of halogens is 2. The minimum absolute atomic E-state index is 0.187. The Morgan fingerprint density at radius 1 is 0.850 bits per heavy atom. The Morgan fingerprint density at radius 3 is 2.25 bits per heavy atom. The smallest absolute Gasteiger partial charge is 0.306 e. The van der Waals surface area contributed by atoms with E-state index in [0.29, 0.717) is 32.2 Å². The molecular formula is C14H8Cl2N2O2. The Kier molecular flexibility index (Phi) is 3.12. The van der Waals surface area contributed by atoms with Crippen LogP contribution in [0.15, 0.2) is 41.2 Å². The van der Waals surface area contributed by atoms with Crippen LogP contribution in [0.4, 0.5) is 0 Å². The van der Waals surface area contributed by atoms with Crippen LogP contribution in [0.1, 0.15) is 15.9 Å². The lowest BCUT2D eigenvalue weighted by Gasteiger charge is -2.03. The molecule has 1 heterocycles. The summed E-state index contributed by atoms with van der Waals surface area (Å²) in [6.07, 6.45) is 0. The number of imidazole rings is 1. The second-order valence-corrected chi connectivity index (χ2v) is 5.11. The number of aromatic nitrogens is 2. The molecule has 3 rings (SSSR count). The van der Waals surface area contributed by atoms with Gasteiger partial charge in [0.05, 0.1) is 21.1 Å². The quantitative estimate of drug-likeness (QED) is 0.713. The monoisotopic (exact) mass is 306 g/mol. The molecule has 3 aromatic rings. The molecule has 0 saturated carbocycles. The Labute approximate surface area is 123 Å². The van der Waals surface area contributed by atoms with Crippen molar-refractivity contribution >= 4 is 40.0 Å². The third kappa shape index (κ3) is 2.24. The molecule has 0 fully saturated rings. The molecule has 0 amide bonds. The molecule has 0 aliphatic rings. The fourth-order valence-electron chi connectivity index (χ4n) is 1.98. The normalized spacial score (nSPS) is 10.9. The van der Waals surface area contributed by atoms with Crippen LogP contribution >= 0.6 is 23.2 Å². The van der Waals surface area contributed by atoms with Crippen molar-refractivity contribution < 1.29 is 4.79 Å². The van der Waals surface area contributed by atoms with Gasteiger partial charge in [0.1, 0.15) is 0 Å². The van der Waals surface area contributed by atoms with Gasteiger partial charge in [-0.2, -0.15) is 0 Å². The molecule has 2 N–H and O–H groups in total. The molecule has 0 unspecified atom stereocenters. The van der Waals surface area contributed by atoms with E-state index in [1.54, 1.807) is 30.3 Å². The van der Waals surface area contributed by atoms with E-state index < -0.39 is 0 Å². The summed E-state index contributed by atoms with van der Waals surface area (Å²) in [6.45, 7) is 0. The molecule has 0 aliphatic carbocycles. The molecule has 20 heavy (non-hydrogen) atoms. The molecular weight excluding hydrogens is 299 g/mol. The van der Waals surface area contributed by atoms with E-state index in [1.807, 2.05) is 0 Å². The van der Waals surface area contributed by atoms with Gasteiger partial charge in [-0.3, -0.25) is 4.79 Å². The largest absolute Gasteiger partial charge is 0.323 e. The van der Waals surface area contributed by atoms with Crippen molar-refractivity contribution in [2.24, 2.45) is 0 Å². The summed E-state index contributed by atoms with van der Waals surface area (Å²) >= 11 is 11.7. The van der Waals surface area contributed by atoms with Crippen molar-refractivity contribution in [1.82, 2.24) is 9.97 Å². The van der Waals surface area contributed by atoms with Gasteiger partial charge in [0.25, 0.3) is 0 Å². The van der Waals surface area contributed by atoms with Gasteiger partial charge in [0.2, 0.25) is 0 Å². The number of carbonyl (C=O) groups excluding carboxylic acids is 1. The molecule has 100 valence electrons. The standard InChI is InChI=1S/C14H8Cl2N2O2/c15-9-3-1-7(5-10(9)16)13(19)8-2-4-11-12(6-8)18-14(20)17-11/h1-6H,(H2,17,18,20). The van der Waals surface area contributed by atoms with Crippen LogP contribution in [0, 0.1) is 0 Å². The first-order valence-electron chi connectivity index (χ1n) is 5.76. The summed E-state index contributed by atoms with van der Waals surface area (Å²) in [7, 11) is 0. The van der Waals surface area contributed by atoms with E-state index in [1.165, 1.54) is 6.07 Å². The third-order valence-corrected chi connectivity index (χ3v) is 3.70. The molecule has 4 nitrogen and oxygen atoms in total. The summed E-state index contributed by atoms with van der Waals surface area (Å²) in [5, 5.41) is 0.724. The van der Waals surface area contributed by atoms with Crippen molar-refractivity contribution in [2.75, 3.05) is 0 Å². The van der Waals surface area contributed by atoms with Gasteiger partial charge in [-0.05, 0) is 36.4 Å². The first-order chi connectivity index (χ1) is 9.54. The number of rotatable bonds is 2. The van der Waals surface area contributed by atoms with Gasteiger partial charge in [-0.1, -0.05) is 23.2 Å². The van der Waals surface area contributed by atoms with Crippen molar-refractivity contribution in [3.8, 4) is 0 Å². The summed E-state index contributed by atoms with van der Waals surface area (Å²) in [5.74, 6) is -0.187. The first-order valence-corrected chi connectivity index (χ1v) is 6.52. The van der Waals surface area contributed by atoms with E-state index in [9.17, 15) is 9.59 Å². The zero-order valence-electron chi connectivity index (χ0n) is 10.0. The summed E-state index contributed by atoms with van der Waals surface area (Å²) in [6, 6.07) is 9.66. The Bertz CT molecular complexity index is 880. The first kappa shape index (κ1) is 13.0. The minimum atomic E-state index is -0.306. The SMILES string of the molecule is O=C(c1ccc(Cl)c(Cl)c1)c1ccc2[nH]c(=O)[nH]c2c1. The summed E-state index contributed by atoms with van der Waals surface area (Å²) in [5.41, 5.74) is 1.84. The number of nitrogens with one attached hydrogen (secondary N) is 2. The average molecular weight is 307 g/mol. The van der Waals surface area contributed by atoms with Gasteiger partial charge in [-0.15, -0.1) is 0 Å². The zero-order valence-corrected chi connectivity index (χ0v) is 11.5. The number of hydrogen-bond donors (Lipinski definition) is 2. The van der Waals surface area contributed by atoms with Gasteiger partial charge in [0, 0.05) is 11.1 Å². The van der Waals surface area contributed by atoms with Crippen LogP contribution in [-0.4, -0.2) is 15.8 Å².